The molecule has 4 rings (SSSR count). The van der Waals surface area contributed by atoms with Gasteiger partial charge in [-0.05, 0) is 35.6 Å². The van der Waals surface area contributed by atoms with E-state index in [0.29, 0.717) is 5.56 Å². The summed E-state index contributed by atoms with van der Waals surface area (Å²) in [6.45, 7) is 1.75. The van der Waals surface area contributed by atoms with E-state index in [1.165, 1.54) is 6.92 Å². The SMILES string of the molecule is C[C@@H](NC(=O)OCc1ccccc1)C(=O)N[C@H](Cc1ccccc1)[C@H](O)C[C@](O)(Cc1ccccc1)C(=O)NCc1ccccc1. The number of rotatable bonds is 15. The Kier molecular flexibility index (Phi) is 12.5. The molecule has 0 bridgehead atoms. The van der Waals surface area contributed by atoms with Crippen molar-refractivity contribution >= 4 is 17.9 Å². The van der Waals surface area contributed by atoms with Crippen LogP contribution in [0.1, 0.15) is 35.6 Å². The number of hydrogen-bond acceptors (Lipinski definition) is 6. The van der Waals surface area contributed by atoms with E-state index in [1.807, 2.05) is 109 Å². The Morgan fingerprint density at radius 1 is 0.717 bits per heavy atom. The number of ether oxygens (including phenoxy) is 1. The molecule has 3 amide bonds. The largest absolute Gasteiger partial charge is 0.445 e. The highest BCUT2D eigenvalue weighted by atomic mass is 16.5. The van der Waals surface area contributed by atoms with Gasteiger partial charge in [-0.1, -0.05) is 121 Å². The Morgan fingerprint density at radius 2 is 1.22 bits per heavy atom. The first kappa shape index (κ1) is 33.9. The summed E-state index contributed by atoms with van der Waals surface area (Å²) in [5, 5.41) is 31.6. The quantitative estimate of drug-likeness (QED) is 0.135. The van der Waals surface area contributed by atoms with Gasteiger partial charge in [0.25, 0.3) is 5.91 Å². The minimum Gasteiger partial charge on any atom is -0.445 e. The second-order valence-electron chi connectivity index (χ2n) is 11.4. The van der Waals surface area contributed by atoms with Gasteiger partial charge >= 0.3 is 6.09 Å². The second kappa shape index (κ2) is 16.9. The third kappa shape index (κ3) is 10.6. The van der Waals surface area contributed by atoms with Gasteiger partial charge < -0.3 is 30.9 Å². The Hall–Kier alpha value is -4.99. The molecule has 5 N–H and O–H groups in total. The Labute approximate surface area is 269 Å². The van der Waals surface area contributed by atoms with Crippen LogP contribution in [0.2, 0.25) is 0 Å². The highest BCUT2D eigenvalue weighted by Crippen LogP contribution is 2.23. The fourth-order valence-corrected chi connectivity index (χ4v) is 5.08. The monoisotopic (exact) mass is 623 g/mol. The smallest absolute Gasteiger partial charge is 0.408 e. The van der Waals surface area contributed by atoms with E-state index >= 15 is 0 Å². The highest BCUT2D eigenvalue weighted by molar-refractivity contribution is 5.86. The second-order valence-corrected chi connectivity index (χ2v) is 11.4. The summed E-state index contributed by atoms with van der Waals surface area (Å²) in [6, 6.07) is 34.9. The van der Waals surface area contributed by atoms with Gasteiger partial charge in [0, 0.05) is 19.4 Å². The molecule has 240 valence electrons. The van der Waals surface area contributed by atoms with Crippen molar-refractivity contribution in [3.05, 3.63) is 144 Å². The number of aliphatic hydroxyl groups is 2. The van der Waals surface area contributed by atoms with Crippen LogP contribution in [0.15, 0.2) is 121 Å². The first-order valence-electron chi connectivity index (χ1n) is 15.3. The molecule has 4 atom stereocenters. The maximum absolute atomic E-state index is 13.6. The molecule has 0 heterocycles. The molecule has 9 nitrogen and oxygen atoms in total. The Balaban J connectivity index is 1.47. The van der Waals surface area contributed by atoms with Gasteiger partial charge in [0.05, 0.1) is 12.1 Å². The van der Waals surface area contributed by atoms with Gasteiger partial charge in [-0.2, -0.15) is 0 Å². The van der Waals surface area contributed by atoms with E-state index in [4.69, 9.17) is 4.74 Å². The van der Waals surface area contributed by atoms with E-state index in [-0.39, 0.29) is 32.4 Å². The van der Waals surface area contributed by atoms with E-state index < -0.39 is 41.7 Å². The number of carbonyl (C=O) groups is 3. The minimum atomic E-state index is -2.00. The Bertz CT molecular complexity index is 1520. The van der Waals surface area contributed by atoms with E-state index in [1.54, 1.807) is 12.1 Å². The van der Waals surface area contributed by atoms with Crippen LogP contribution >= 0.6 is 0 Å². The van der Waals surface area contributed by atoms with Crippen molar-refractivity contribution in [2.75, 3.05) is 0 Å². The summed E-state index contributed by atoms with van der Waals surface area (Å²) in [5.41, 5.74) is 1.20. The molecule has 0 fully saturated rings. The lowest BCUT2D eigenvalue weighted by atomic mass is 9.84. The molecule has 9 heteroatoms. The summed E-state index contributed by atoms with van der Waals surface area (Å²) < 4.78 is 5.24. The van der Waals surface area contributed by atoms with Crippen LogP contribution < -0.4 is 16.0 Å². The fraction of sp³-hybridized carbons (Fsp3) is 0.270. The van der Waals surface area contributed by atoms with Crippen molar-refractivity contribution < 1.29 is 29.3 Å². The number of alkyl carbamates (subject to hydrolysis) is 1. The Morgan fingerprint density at radius 3 is 1.78 bits per heavy atom. The zero-order valence-electron chi connectivity index (χ0n) is 25.8. The molecule has 0 aliphatic rings. The molecule has 46 heavy (non-hydrogen) atoms. The zero-order chi connectivity index (χ0) is 32.8. The van der Waals surface area contributed by atoms with Crippen molar-refractivity contribution in [2.45, 2.75) is 63.1 Å². The first-order chi connectivity index (χ1) is 22.2. The number of benzene rings is 4. The zero-order valence-corrected chi connectivity index (χ0v) is 25.8. The van der Waals surface area contributed by atoms with Crippen LogP contribution in [0.25, 0.3) is 0 Å². The van der Waals surface area contributed by atoms with Crippen molar-refractivity contribution in [1.82, 2.24) is 16.0 Å². The van der Waals surface area contributed by atoms with E-state index in [2.05, 4.69) is 16.0 Å². The van der Waals surface area contributed by atoms with Crippen LogP contribution in [-0.4, -0.2) is 51.9 Å². The average molecular weight is 624 g/mol. The molecule has 0 aromatic heterocycles. The average Bonchev–Trinajstić information content (AvgIpc) is 3.07. The molecular weight excluding hydrogens is 582 g/mol. The van der Waals surface area contributed by atoms with Crippen molar-refractivity contribution in [3.8, 4) is 0 Å². The van der Waals surface area contributed by atoms with Gasteiger partial charge in [0.15, 0.2) is 0 Å². The molecule has 0 saturated carbocycles. The molecule has 0 aliphatic heterocycles. The summed E-state index contributed by atoms with van der Waals surface area (Å²) in [4.78, 5) is 39.2. The number of carbonyl (C=O) groups excluding carboxylic acids is 3. The van der Waals surface area contributed by atoms with Gasteiger partial charge in [-0.25, -0.2) is 4.79 Å². The number of amides is 3. The lowest BCUT2D eigenvalue weighted by molar-refractivity contribution is -0.144. The van der Waals surface area contributed by atoms with Gasteiger partial charge in [-0.15, -0.1) is 0 Å². The van der Waals surface area contributed by atoms with E-state index in [0.717, 1.165) is 16.7 Å². The van der Waals surface area contributed by atoms with Crippen molar-refractivity contribution in [3.63, 3.8) is 0 Å². The van der Waals surface area contributed by atoms with E-state index in [9.17, 15) is 24.6 Å². The molecule has 0 radical (unpaired) electrons. The molecule has 0 saturated heterocycles. The number of hydrogen-bond donors (Lipinski definition) is 5. The van der Waals surface area contributed by atoms with Crippen LogP contribution in [0, 0.1) is 0 Å². The third-order valence-corrected chi connectivity index (χ3v) is 7.64. The predicted molar refractivity (Wildman–Crippen MR) is 175 cm³/mol. The van der Waals surface area contributed by atoms with Crippen LogP contribution in [-0.2, 0) is 40.3 Å². The summed E-state index contributed by atoms with van der Waals surface area (Å²) >= 11 is 0. The maximum atomic E-state index is 13.6. The summed E-state index contributed by atoms with van der Waals surface area (Å²) in [7, 11) is 0. The minimum absolute atomic E-state index is 0.0443. The molecule has 0 spiro atoms. The lowest BCUT2D eigenvalue weighted by Gasteiger charge is -2.33. The summed E-state index contributed by atoms with van der Waals surface area (Å²) in [6.07, 6.45) is -2.30. The number of aliphatic hydroxyl groups excluding tert-OH is 1. The van der Waals surface area contributed by atoms with Gasteiger partial charge in [-0.3, -0.25) is 9.59 Å². The predicted octanol–water partition coefficient (Wildman–Crippen LogP) is 4.07. The van der Waals surface area contributed by atoms with Crippen LogP contribution in [0.5, 0.6) is 0 Å². The molecule has 4 aromatic rings. The van der Waals surface area contributed by atoms with Crippen LogP contribution in [0.4, 0.5) is 4.79 Å². The topological polar surface area (TPSA) is 137 Å². The fourth-order valence-electron chi connectivity index (χ4n) is 5.08. The standard InChI is InChI=1S/C37H41N3O6/c1-27(39-36(44)46-26-31-20-12-5-13-21-31)34(42)40-32(22-28-14-6-2-7-15-28)33(41)24-37(45,23-29-16-8-3-9-17-29)35(43)38-25-30-18-10-4-11-19-30/h2-21,27,32-33,41,45H,22-26H2,1H3,(H,38,43)(H,39,44)(H,40,42)/t27-,32-,33-,37-/m1/s1. The van der Waals surface area contributed by atoms with Gasteiger partial charge in [0.1, 0.15) is 18.2 Å². The third-order valence-electron chi connectivity index (χ3n) is 7.64. The lowest BCUT2D eigenvalue weighted by Crippen LogP contribution is -2.56. The van der Waals surface area contributed by atoms with Gasteiger partial charge in [0.2, 0.25) is 5.91 Å². The van der Waals surface area contributed by atoms with Crippen molar-refractivity contribution in [2.24, 2.45) is 0 Å². The normalized spacial score (nSPS) is 14.2. The maximum Gasteiger partial charge on any atom is 0.408 e. The molecular formula is C37H41N3O6. The molecule has 4 aromatic carbocycles. The highest BCUT2D eigenvalue weighted by Gasteiger charge is 2.40. The first-order valence-corrected chi connectivity index (χ1v) is 15.3. The molecule has 0 unspecified atom stereocenters. The number of nitrogens with one attached hydrogen (secondary N) is 3. The van der Waals surface area contributed by atoms with Crippen molar-refractivity contribution in [1.29, 1.82) is 0 Å². The van der Waals surface area contributed by atoms with Crippen LogP contribution in [0.3, 0.4) is 0 Å². The summed E-state index contributed by atoms with van der Waals surface area (Å²) in [5.74, 6) is -1.20. The molecule has 0 aliphatic carbocycles.